The van der Waals surface area contributed by atoms with Gasteiger partial charge in [-0.1, -0.05) is 18.2 Å². The van der Waals surface area contributed by atoms with Crippen LogP contribution in [0.25, 0.3) is 22.2 Å². The molecule has 1 fully saturated rings. The van der Waals surface area contributed by atoms with Crippen molar-refractivity contribution < 1.29 is 19.1 Å². The summed E-state index contributed by atoms with van der Waals surface area (Å²) >= 11 is 0. The van der Waals surface area contributed by atoms with Crippen molar-refractivity contribution in [3.8, 4) is 11.3 Å². The first-order chi connectivity index (χ1) is 17.5. The number of H-pyrrole nitrogens is 1. The fourth-order valence-electron chi connectivity index (χ4n) is 4.62. The molecule has 36 heavy (non-hydrogen) atoms. The highest BCUT2D eigenvalue weighted by atomic mass is 19.1. The van der Waals surface area contributed by atoms with Gasteiger partial charge in [-0.25, -0.2) is 19.2 Å². The number of carboxylic acid groups (broad SMARTS) is 1. The van der Waals surface area contributed by atoms with Crippen LogP contribution in [0.2, 0.25) is 0 Å². The number of halogens is 1. The Bertz CT molecular complexity index is 1400. The number of carbonyl (C=O) groups is 2. The Morgan fingerprint density at radius 3 is 2.64 bits per heavy atom. The quantitative estimate of drug-likeness (QED) is 0.259. The lowest BCUT2D eigenvalue weighted by molar-refractivity contribution is 0.0926. The monoisotopic (exact) mass is 488 g/mol. The molecule has 2 aromatic carbocycles. The van der Waals surface area contributed by atoms with E-state index in [1.54, 1.807) is 30.5 Å². The van der Waals surface area contributed by atoms with Crippen molar-refractivity contribution in [1.29, 1.82) is 0 Å². The zero-order valence-electron chi connectivity index (χ0n) is 19.3. The van der Waals surface area contributed by atoms with E-state index in [9.17, 15) is 14.0 Å². The molecule has 1 aliphatic rings. The van der Waals surface area contributed by atoms with Gasteiger partial charge in [-0.2, -0.15) is 0 Å². The molecular weight excluding hydrogens is 463 g/mol. The molecule has 0 saturated heterocycles. The van der Waals surface area contributed by atoms with Gasteiger partial charge in [-0.05, 0) is 56.0 Å². The van der Waals surface area contributed by atoms with E-state index in [1.807, 2.05) is 24.3 Å². The zero-order valence-corrected chi connectivity index (χ0v) is 19.3. The first-order valence-corrected chi connectivity index (χ1v) is 11.7. The van der Waals surface area contributed by atoms with Crippen LogP contribution in [0.4, 0.5) is 20.8 Å². The van der Waals surface area contributed by atoms with Gasteiger partial charge in [0.25, 0.3) is 5.91 Å². The lowest BCUT2D eigenvalue weighted by Crippen LogP contribution is -2.42. The fourth-order valence-corrected chi connectivity index (χ4v) is 4.62. The van der Waals surface area contributed by atoms with Gasteiger partial charge in [0, 0.05) is 46.0 Å². The number of aromatic amines is 1. The average molecular weight is 489 g/mol. The number of aromatic nitrogens is 3. The highest BCUT2D eigenvalue weighted by molar-refractivity contribution is 5.95. The van der Waals surface area contributed by atoms with Crippen molar-refractivity contribution in [1.82, 2.24) is 20.3 Å². The van der Waals surface area contributed by atoms with Crippen molar-refractivity contribution in [3.63, 3.8) is 0 Å². The molecule has 1 aliphatic carbocycles. The molecule has 0 radical (unpaired) electrons. The smallest absolute Gasteiger partial charge is 0.409 e. The summed E-state index contributed by atoms with van der Waals surface area (Å²) in [5.74, 6) is -0.374. The predicted molar refractivity (Wildman–Crippen MR) is 135 cm³/mol. The molecule has 10 heteroatoms. The number of nitrogens with zero attached hydrogens (tertiary/aromatic N) is 2. The summed E-state index contributed by atoms with van der Waals surface area (Å²) < 4.78 is 14.6. The number of para-hydroxylation sites is 1. The van der Waals surface area contributed by atoms with Gasteiger partial charge in [0.15, 0.2) is 5.82 Å². The van der Waals surface area contributed by atoms with E-state index in [4.69, 9.17) is 5.11 Å². The van der Waals surface area contributed by atoms with Gasteiger partial charge in [0.05, 0.1) is 6.20 Å². The number of carbonyl (C=O) groups excluding carboxylic acids is 1. The van der Waals surface area contributed by atoms with E-state index in [2.05, 4.69) is 30.9 Å². The van der Waals surface area contributed by atoms with Gasteiger partial charge in [0.1, 0.15) is 5.69 Å². The summed E-state index contributed by atoms with van der Waals surface area (Å²) in [7, 11) is 0. The first-order valence-electron chi connectivity index (χ1n) is 11.7. The van der Waals surface area contributed by atoms with Crippen LogP contribution in [0, 0.1) is 5.82 Å². The van der Waals surface area contributed by atoms with Gasteiger partial charge in [-0.15, -0.1) is 0 Å². The maximum Gasteiger partial charge on any atom is 0.409 e. The molecule has 1 saturated carbocycles. The number of amides is 2. The minimum Gasteiger partial charge on any atom is -0.465 e. The molecule has 2 amide bonds. The molecule has 0 aliphatic heterocycles. The van der Waals surface area contributed by atoms with Gasteiger partial charge in [-0.3, -0.25) is 10.1 Å². The van der Waals surface area contributed by atoms with Crippen molar-refractivity contribution in [2.24, 2.45) is 0 Å². The summed E-state index contributed by atoms with van der Waals surface area (Å²) in [5, 5.41) is 18.3. The van der Waals surface area contributed by atoms with E-state index in [1.165, 1.54) is 6.20 Å². The molecule has 2 atom stereocenters. The molecular formula is C26H25FN6O3. The maximum atomic E-state index is 14.6. The third-order valence-electron chi connectivity index (χ3n) is 6.33. The number of hydrogen-bond donors (Lipinski definition) is 5. The van der Waals surface area contributed by atoms with Crippen LogP contribution < -0.4 is 16.0 Å². The number of fused-ring (bicyclic) bond motifs is 1. The molecule has 2 aromatic heterocycles. The van der Waals surface area contributed by atoms with E-state index < -0.39 is 11.9 Å². The molecule has 0 unspecified atom stereocenters. The Hall–Kier alpha value is -4.47. The van der Waals surface area contributed by atoms with E-state index in [-0.39, 0.29) is 23.7 Å². The van der Waals surface area contributed by atoms with Crippen LogP contribution in [0.3, 0.4) is 0 Å². The van der Waals surface area contributed by atoms with Crippen molar-refractivity contribution in [2.45, 2.75) is 37.8 Å². The Morgan fingerprint density at radius 1 is 1.06 bits per heavy atom. The highest BCUT2D eigenvalue weighted by Gasteiger charge is 2.25. The zero-order chi connectivity index (χ0) is 25.1. The van der Waals surface area contributed by atoms with Crippen LogP contribution in [-0.4, -0.2) is 44.1 Å². The van der Waals surface area contributed by atoms with Gasteiger partial charge >= 0.3 is 6.09 Å². The fraction of sp³-hybridized carbons (Fsp3) is 0.231. The minimum absolute atomic E-state index is 0.0208. The molecule has 5 rings (SSSR count). The number of nitrogens with one attached hydrogen (secondary N) is 4. The van der Waals surface area contributed by atoms with Crippen molar-refractivity contribution in [2.75, 3.05) is 10.6 Å². The second-order valence-electron chi connectivity index (χ2n) is 8.82. The maximum absolute atomic E-state index is 14.6. The number of hydrogen-bond acceptors (Lipinski definition) is 5. The molecule has 9 nitrogen and oxygen atoms in total. The Balaban J connectivity index is 1.24. The summed E-state index contributed by atoms with van der Waals surface area (Å²) in [4.78, 5) is 35.2. The number of benzene rings is 2. The topological polar surface area (TPSA) is 132 Å². The Labute approximate surface area is 206 Å². The normalized spacial score (nSPS) is 17.5. The largest absolute Gasteiger partial charge is 0.465 e. The summed E-state index contributed by atoms with van der Waals surface area (Å²) in [5.41, 5.74) is 2.65. The molecule has 184 valence electrons. The lowest BCUT2D eigenvalue weighted by atomic mass is 9.91. The number of anilines is 2. The van der Waals surface area contributed by atoms with Crippen LogP contribution >= 0.6 is 0 Å². The Morgan fingerprint density at radius 2 is 1.83 bits per heavy atom. The van der Waals surface area contributed by atoms with Crippen LogP contribution in [0.1, 0.15) is 36.0 Å². The van der Waals surface area contributed by atoms with Crippen molar-refractivity contribution in [3.05, 3.63) is 72.3 Å². The second-order valence-corrected chi connectivity index (χ2v) is 8.82. The highest BCUT2D eigenvalue weighted by Crippen LogP contribution is 2.30. The SMILES string of the molecule is O=C(O)Nc1ccc(C(=O)N[C@H]2CCC[C@@H](Nc3ncc(F)c(-c4c[nH]c5ccccc45)n3)C2)cc1. The molecule has 0 spiro atoms. The summed E-state index contributed by atoms with van der Waals surface area (Å²) in [6, 6.07) is 13.9. The van der Waals surface area contributed by atoms with Crippen LogP contribution in [-0.2, 0) is 0 Å². The average Bonchev–Trinajstić information content (AvgIpc) is 3.29. The predicted octanol–water partition coefficient (Wildman–Crippen LogP) is 5.01. The van der Waals surface area contributed by atoms with E-state index >= 15 is 0 Å². The molecule has 4 aromatic rings. The summed E-state index contributed by atoms with van der Waals surface area (Å²) in [6.45, 7) is 0. The summed E-state index contributed by atoms with van der Waals surface area (Å²) in [6.07, 6.45) is 5.06. The van der Waals surface area contributed by atoms with Gasteiger partial charge in [0.2, 0.25) is 5.95 Å². The number of rotatable bonds is 6. The van der Waals surface area contributed by atoms with Crippen molar-refractivity contribution >= 4 is 34.5 Å². The van der Waals surface area contributed by atoms with E-state index in [0.29, 0.717) is 29.2 Å². The first kappa shape index (κ1) is 23.3. The van der Waals surface area contributed by atoms with Crippen LogP contribution in [0.15, 0.2) is 60.9 Å². The van der Waals surface area contributed by atoms with Crippen LogP contribution in [0.5, 0.6) is 0 Å². The van der Waals surface area contributed by atoms with Gasteiger partial charge < -0.3 is 20.7 Å². The molecule has 5 N–H and O–H groups in total. The van der Waals surface area contributed by atoms with E-state index in [0.717, 1.165) is 30.2 Å². The third-order valence-corrected chi connectivity index (χ3v) is 6.33. The Kier molecular flexibility index (Phi) is 6.48. The standard InChI is InChI=1S/C26H25FN6O3/c27-21-14-29-25(33-23(21)20-13-28-22-7-2-1-6-19(20)22)31-18-5-3-4-17(12-18)30-24(34)15-8-10-16(11-9-15)32-26(35)36/h1-2,6-11,13-14,17-18,28,32H,3-5,12H2,(H,30,34)(H,35,36)(H,29,31,33)/t17-,18+/m0/s1. The molecule has 0 bridgehead atoms. The minimum atomic E-state index is -1.16. The lowest BCUT2D eigenvalue weighted by Gasteiger charge is -2.30. The third kappa shape index (κ3) is 5.12. The molecule has 2 heterocycles. The second kappa shape index (κ2) is 10.0.